The molecular weight excluding hydrogens is 798 g/mol. The molecule has 6 atom stereocenters. The van der Waals surface area contributed by atoms with Crippen LogP contribution in [0.5, 0.6) is 11.5 Å². The maximum Gasteiger partial charge on any atom is 0.242 e. The minimum Gasteiger partial charge on any atom is -0.504 e. The number of carbonyl (C=O) groups is 4. The SMILES string of the molecule is COc1cccc([C@H]2C3=CC[C@@H]4C(=O)N(C5CCN(Cc6ccccc6)CC5)C(=O)[C@@H]4[C@@H]3C[C@H]3C(=O)N(c4cc(-c5sc6ccc(Cl)cc6c5C)nn4C)C(=O)[C@@]23C)c1O. The smallest absolute Gasteiger partial charge is 0.242 e. The van der Waals surface area contributed by atoms with E-state index in [-0.39, 0.29) is 41.7 Å². The second kappa shape index (κ2) is 14.4. The van der Waals surface area contributed by atoms with Crippen molar-refractivity contribution in [3.05, 3.63) is 106 Å². The van der Waals surface area contributed by atoms with Gasteiger partial charge in [-0.15, -0.1) is 11.3 Å². The number of benzene rings is 3. The lowest BCUT2D eigenvalue weighted by Gasteiger charge is -2.49. The number of para-hydroxylation sites is 1. The van der Waals surface area contributed by atoms with Crippen LogP contribution in [0.4, 0.5) is 5.82 Å². The molecule has 3 aromatic carbocycles. The monoisotopic (exact) mass is 843 g/mol. The Kier molecular flexibility index (Phi) is 9.34. The van der Waals surface area contributed by atoms with E-state index in [1.165, 1.54) is 17.6 Å². The van der Waals surface area contributed by atoms with Gasteiger partial charge in [-0.3, -0.25) is 33.7 Å². The van der Waals surface area contributed by atoms with Crippen LogP contribution in [0.2, 0.25) is 5.02 Å². The number of aromatic hydroxyl groups is 1. The molecule has 0 radical (unpaired) electrons. The Hall–Kier alpha value is -5.30. The van der Waals surface area contributed by atoms with Crippen molar-refractivity contribution in [2.75, 3.05) is 25.1 Å². The first-order valence-corrected chi connectivity index (χ1v) is 21.9. The molecule has 11 nitrogen and oxygen atoms in total. The van der Waals surface area contributed by atoms with E-state index in [1.54, 1.807) is 52.2 Å². The third kappa shape index (κ3) is 5.74. The highest BCUT2D eigenvalue weighted by Gasteiger charge is 2.68. The van der Waals surface area contributed by atoms with Crippen molar-refractivity contribution in [2.24, 2.45) is 36.1 Å². The molecule has 0 spiro atoms. The third-order valence-corrected chi connectivity index (χ3v) is 15.8. The van der Waals surface area contributed by atoms with Crippen LogP contribution < -0.4 is 9.64 Å². The van der Waals surface area contributed by atoms with Gasteiger partial charge < -0.3 is 9.84 Å². The van der Waals surface area contributed by atoms with Gasteiger partial charge in [0.15, 0.2) is 11.5 Å². The largest absolute Gasteiger partial charge is 0.504 e. The summed E-state index contributed by atoms with van der Waals surface area (Å²) in [6.45, 7) is 6.20. The number of aromatic nitrogens is 2. The third-order valence-electron chi connectivity index (χ3n) is 14.3. The summed E-state index contributed by atoms with van der Waals surface area (Å²) >= 11 is 7.92. The van der Waals surface area contributed by atoms with E-state index in [2.05, 4.69) is 17.0 Å². The van der Waals surface area contributed by atoms with Gasteiger partial charge in [-0.2, -0.15) is 5.10 Å². The van der Waals surface area contributed by atoms with E-state index in [1.807, 2.05) is 56.3 Å². The zero-order chi connectivity index (χ0) is 41.8. The van der Waals surface area contributed by atoms with Crippen LogP contribution in [0.15, 0.2) is 84.4 Å². The van der Waals surface area contributed by atoms with Gasteiger partial charge in [0.25, 0.3) is 0 Å². The summed E-state index contributed by atoms with van der Waals surface area (Å²) < 4.78 is 8.18. The van der Waals surface area contributed by atoms with Crippen LogP contribution in [-0.4, -0.2) is 74.6 Å². The van der Waals surface area contributed by atoms with E-state index < -0.39 is 40.9 Å². The number of rotatable bonds is 7. The number of anilines is 1. The summed E-state index contributed by atoms with van der Waals surface area (Å²) in [7, 11) is 3.20. The van der Waals surface area contributed by atoms with Crippen molar-refractivity contribution in [2.45, 2.75) is 58.0 Å². The van der Waals surface area contributed by atoms with E-state index >= 15 is 9.59 Å². The average molecular weight is 844 g/mol. The Morgan fingerprint density at radius 2 is 1.72 bits per heavy atom. The molecule has 3 saturated heterocycles. The van der Waals surface area contributed by atoms with Crippen molar-refractivity contribution in [3.8, 4) is 22.1 Å². The number of nitrogens with zero attached hydrogens (tertiary/aromatic N) is 5. The van der Waals surface area contributed by atoms with Crippen LogP contribution >= 0.6 is 22.9 Å². The first-order chi connectivity index (χ1) is 28.9. The number of ether oxygens (including phenoxy) is 1. The Balaban J connectivity index is 1.00. The summed E-state index contributed by atoms with van der Waals surface area (Å²) in [4.78, 5) is 65.5. The summed E-state index contributed by atoms with van der Waals surface area (Å²) in [6, 6.07) is 22.9. The van der Waals surface area contributed by atoms with E-state index in [4.69, 9.17) is 21.4 Å². The molecule has 2 aromatic heterocycles. The molecule has 5 heterocycles. The van der Waals surface area contributed by atoms with Crippen molar-refractivity contribution >= 4 is 62.5 Å². The molecule has 1 saturated carbocycles. The fourth-order valence-electron chi connectivity index (χ4n) is 11.3. The zero-order valence-corrected chi connectivity index (χ0v) is 35.5. The number of hydrogen-bond acceptors (Lipinski definition) is 9. The molecule has 13 heteroatoms. The van der Waals surface area contributed by atoms with Crippen LogP contribution in [0.25, 0.3) is 20.7 Å². The topological polar surface area (TPSA) is 125 Å². The first kappa shape index (κ1) is 38.9. The van der Waals surface area contributed by atoms with Crippen LogP contribution in [0.3, 0.4) is 0 Å². The lowest BCUT2D eigenvalue weighted by Crippen LogP contribution is -2.49. The molecule has 1 N–H and O–H groups in total. The number of piperidine rings is 1. The normalized spacial score (nSPS) is 27.1. The number of thiophene rings is 1. The number of methoxy groups -OCH3 is 1. The number of likely N-dealkylation sites (tertiary alicyclic amines) is 2. The van der Waals surface area contributed by atoms with Crippen molar-refractivity contribution in [3.63, 3.8) is 0 Å². The van der Waals surface area contributed by atoms with Gasteiger partial charge in [0.1, 0.15) is 11.5 Å². The molecule has 2 aliphatic carbocycles. The molecule has 3 aliphatic heterocycles. The molecule has 4 amide bonds. The van der Waals surface area contributed by atoms with Crippen molar-refractivity contribution < 1.29 is 29.0 Å². The Morgan fingerprint density at radius 1 is 0.950 bits per heavy atom. The average Bonchev–Trinajstić information content (AvgIpc) is 3.92. The summed E-state index contributed by atoms with van der Waals surface area (Å²) in [5.41, 5.74) is 2.78. The lowest BCUT2D eigenvalue weighted by atomic mass is 9.51. The fourth-order valence-corrected chi connectivity index (χ4v) is 12.6. The van der Waals surface area contributed by atoms with Gasteiger partial charge >= 0.3 is 0 Å². The second-order valence-electron chi connectivity index (χ2n) is 17.3. The number of hydrogen-bond donors (Lipinski definition) is 1. The van der Waals surface area contributed by atoms with Crippen LogP contribution in [0, 0.1) is 36.0 Å². The maximum atomic E-state index is 15.3. The molecule has 4 fully saturated rings. The standard InChI is InChI=1S/C47H46ClN5O6S/c1-25-32-21-27(48)13-16-37(32)60-42(25)35-23-38(50(3)49-35)53-44(56)34-22-33-29(40(47(34,2)46(53)58)31-11-8-12-36(59-4)41(31)54)14-15-30-39(33)45(57)52(43(30)55)28-17-19-51(20-18-28)24-26-9-6-5-7-10-26/h5-14,16,21,23,28,30,33-34,39-40,54H,15,17-20,22,24H2,1-4H3/t30-,33+,34-,39-,40+,47+/m0/s1. The molecule has 308 valence electrons. The Morgan fingerprint density at radius 3 is 2.47 bits per heavy atom. The number of imide groups is 2. The van der Waals surface area contributed by atoms with Gasteiger partial charge in [-0.05, 0) is 86.2 Å². The maximum absolute atomic E-state index is 15.3. The quantitative estimate of drug-likeness (QED) is 0.130. The fraction of sp³-hybridized carbons (Fsp3) is 0.383. The number of carbonyl (C=O) groups excluding carboxylic acids is 4. The molecule has 0 unspecified atom stereocenters. The van der Waals surface area contributed by atoms with Crippen LogP contribution in [0.1, 0.15) is 55.2 Å². The molecule has 5 aromatic rings. The molecular formula is C47H46ClN5O6S. The number of allylic oxidation sites excluding steroid dienone is 2. The number of amides is 4. The van der Waals surface area contributed by atoms with E-state index in [9.17, 15) is 14.7 Å². The van der Waals surface area contributed by atoms with Gasteiger partial charge in [0.05, 0.1) is 35.2 Å². The van der Waals surface area contributed by atoms with Crippen molar-refractivity contribution in [1.29, 1.82) is 0 Å². The van der Waals surface area contributed by atoms with Crippen LogP contribution in [-0.2, 0) is 32.8 Å². The minimum atomic E-state index is -1.35. The van der Waals surface area contributed by atoms with Crippen molar-refractivity contribution in [1.82, 2.24) is 19.6 Å². The predicted molar refractivity (Wildman–Crippen MR) is 230 cm³/mol. The predicted octanol–water partition coefficient (Wildman–Crippen LogP) is 7.87. The molecule has 10 rings (SSSR count). The second-order valence-corrected chi connectivity index (χ2v) is 18.8. The van der Waals surface area contributed by atoms with Gasteiger partial charge in [0.2, 0.25) is 23.6 Å². The Bertz CT molecular complexity index is 2650. The van der Waals surface area contributed by atoms with Gasteiger partial charge in [0, 0.05) is 60.0 Å². The zero-order valence-electron chi connectivity index (χ0n) is 33.9. The van der Waals surface area contributed by atoms with E-state index in [0.29, 0.717) is 41.4 Å². The highest BCUT2D eigenvalue weighted by Crippen LogP contribution is 2.65. The molecule has 0 bridgehead atoms. The highest BCUT2D eigenvalue weighted by atomic mass is 35.5. The van der Waals surface area contributed by atoms with Gasteiger partial charge in [-0.25, -0.2) is 4.90 Å². The number of phenolic OH excluding ortho intramolecular Hbond substituents is 1. The summed E-state index contributed by atoms with van der Waals surface area (Å²) in [5, 5.41) is 18.2. The number of halogens is 1. The lowest BCUT2D eigenvalue weighted by molar-refractivity contribution is -0.144. The Labute approximate surface area is 357 Å². The van der Waals surface area contributed by atoms with E-state index in [0.717, 1.165) is 45.7 Å². The first-order valence-electron chi connectivity index (χ1n) is 20.7. The highest BCUT2D eigenvalue weighted by molar-refractivity contribution is 7.22. The number of aryl methyl sites for hydroxylation is 2. The molecule has 60 heavy (non-hydrogen) atoms. The molecule has 5 aliphatic rings. The van der Waals surface area contributed by atoms with Gasteiger partial charge in [-0.1, -0.05) is 65.7 Å². The minimum absolute atomic E-state index is 0.117. The number of fused-ring (bicyclic) bond motifs is 5. The summed E-state index contributed by atoms with van der Waals surface area (Å²) in [6.07, 6.45) is 3.96. The number of phenols is 1. The summed E-state index contributed by atoms with van der Waals surface area (Å²) in [5.74, 6) is -4.02.